The number of benzene rings is 5. The van der Waals surface area contributed by atoms with E-state index in [2.05, 4.69) is 23.8 Å². The third kappa shape index (κ3) is 4.26. The van der Waals surface area contributed by atoms with Crippen LogP contribution in [0.4, 0.5) is 5.69 Å². The number of nitrogens with zero attached hydrogens (tertiary/aromatic N) is 1. The Kier molecular flexibility index (Phi) is 5.81. The first-order valence-corrected chi connectivity index (χ1v) is 11.1. The van der Waals surface area contributed by atoms with E-state index in [4.69, 9.17) is 6.42 Å². The van der Waals surface area contributed by atoms with Gasteiger partial charge in [-0.15, -0.1) is 6.42 Å². The van der Waals surface area contributed by atoms with Gasteiger partial charge < -0.3 is 0 Å². The van der Waals surface area contributed by atoms with Gasteiger partial charge in [-0.05, 0) is 45.3 Å². The number of rotatable bonds is 3. The number of hydrogen-bond acceptors (Lipinski definition) is 1. The molecule has 0 heterocycles. The standard InChI is InChI=1S/C32H21NO/c1-2-25-16-17-27-13-8-9-15-30(27)31(25)20-21-32(34)33(23-24-10-4-3-5-11-24)29-19-18-26-12-6-7-14-28(26)22-29/h1,3-19,22H,23H2. The zero-order valence-corrected chi connectivity index (χ0v) is 18.5. The number of carbonyl (C=O) groups excluding carboxylic acids is 1. The lowest BCUT2D eigenvalue weighted by atomic mass is 9.99. The van der Waals surface area contributed by atoms with Gasteiger partial charge in [0.2, 0.25) is 0 Å². The summed E-state index contributed by atoms with van der Waals surface area (Å²) in [6, 6.07) is 35.8. The van der Waals surface area contributed by atoms with Gasteiger partial charge in [0.25, 0.3) is 0 Å². The highest BCUT2D eigenvalue weighted by atomic mass is 16.2. The lowest BCUT2D eigenvalue weighted by molar-refractivity contribution is -0.113. The molecule has 2 nitrogen and oxygen atoms in total. The minimum Gasteiger partial charge on any atom is -0.297 e. The fraction of sp³-hybridized carbons (Fsp3) is 0.0312. The average molecular weight is 436 g/mol. The SMILES string of the molecule is C#Cc1ccc2ccccc2c1C#CC(=O)N(Cc1ccccc1)c1ccc2ccccc2c1. The maximum atomic E-state index is 13.5. The maximum Gasteiger partial charge on any atom is 0.303 e. The molecule has 0 spiro atoms. The van der Waals surface area contributed by atoms with Crippen LogP contribution in [0.15, 0.2) is 109 Å². The molecule has 0 N–H and O–H groups in total. The van der Waals surface area contributed by atoms with Crippen molar-refractivity contribution in [2.75, 3.05) is 4.90 Å². The van der Waals surface area contributed by atoms with E-state index < -0.39 is 0 Å². The predicted molar refractivity (Wildman–Crippen MR) is 140 cm³/mol. The molecule has 34 heavy (non-hydrogen) atoms. The quantitative estimate of drug-likeness (QED) is 0.294. The number of carbonyl (C=O) groups is 1. The molecule has 5 aromatic carbocycles. The molecule has 0 fully saturated rings. The van der Waals surface area contributed by atoms with E-state index >= 15 is 0 Å². The average Bonchev–Trinajstić information content (AvgIpc) is 2.90. The molecule has 0 unspecified atom stereocenters. The van der Waals surface area contributed by atoms with E-state index in [0.29, 0.717) is 17.7 Å². The summed E-state index contributed by atoms with van der Waals surface area (Å²) < 4.78 is 0. The van der Waals surface area contributed by atoms with Crippen molar-refractivity contribution in [1.29, 1.82) is 0 Å². The summed E-state index contributed by atoms with van der Waals surface area (Å²) in [6.07, 6.45) is 5.74. The second-order valence-electron chi connectivity index (χ2n) is 8.01. The van der Waals surface area contributed by atoms with Gasteiger partial charge in [0, 0.05) is 22.7 Å². The van der Waals surface area contributed by atoms with Crippen molar-refractivity contribution in [1.82, 2.24) is 0 Å². The molecule has 160 valence electrons. The fourth-order valence-corrected chi connectivity index (χ4v) is 4.10. The molecule has 0 aliphatic carbocycles. The van der Waals surface area contributed by atoms with Crippen molar-refractivity contribution >= 4 is 33.1 Å². The van der Waals surface area contributed by atoms with Gasteiger partial charge in [0.1, 0.15) is 0 Å². The number of terminal acetylenes is 1. The van der Waals surface area contributed by atoms with Crippen molar-refractivity contribution in [2.24, 2.45) is 0 Å². The highest BCUT2D eigenvalue weighted by Gasteiger charge is 2.15. The summed E-state index contributed by atoms with van der Waals surface area (Å²) in [5.74, 6) is 8.39. The van der Waals surface area contributed by atoms with Gasteiger partial charge in [-0.1, -0.05) is 103 Å². The van der Waals surface area contributed by atoms with Gasteiger partial charge in [-0.25, -0.2) is 0 Å². The van der Waals surface area contributed by atoms with Crippen LogP contribution in [0.1, 0.15) is 16.7 Å². The summed E-state index contributed by atoms with van der Waals surface area (Å²) in [5.41, 5.74) is 3.21. The summed E-state index contributed by atoms with van der Waals surface area (Å²) in [6.45, 7) is 0.421. The molecule has 1 amide bonds. The van der Waals surface area contributed by atoms with Gasteiger partial charge in [0.15, 0.2) is 0 Å². The summed E-state index contributed by atoms with van der Waals surface area (Å²) in [7, 11) is 0. The second kappa shape index (κ2) is 9.37. The predicted octanol–water partition coefficient (Wildman–Crippen LogP) is 6.56. The van der Waals surface area contributed by atoms with E-state index in [-0.39, 0.29) is 5.91 Å². The van der Waals surface area contributed by atoms with E-state index in [0.717, 1.165) is 32.8 Å². The Morgan fingerprint density at radius 1 is 0.735 bits per heavy atom. The summed E-state index contributed by atoms with van der Waals surface area (Å²) in [5, 5.41) is 4.17. The van der Waals surface area contributed by atoms with E-state index in [1.165, 1.54) is 0 Å². The largest absolute Gasteiger partial charge is 0.303 e. The van der Waals surface area contributed by atoms with Crippen LogP contribution in [-0.4, -0.2) is 5.91 Å². The Morgan fingerprint density at radius 3 is 2.21 bits per heavy atom. The zero-order valence-electron chi connectivity index (χ0n) is 18.5. The molecule has 0 bridgehead atoms. The van der Waals surface area contributed by atoms with Gasteiger partial charge in [-0.2, -0.15) is 0 Å². The Hall–Kier alpha value is -4.79. The third-order valence-corrected chi connectivity index (χ3v) is 5.85. The number of amides is 1. The van der Waals surface area contributed by atoms with Crippen molar-refractivity contribution in [2.45, 2.75) is 6.54 Å². The second-order valence-corrected chi connectivity index (χ2v) is 8.01. The Morgan fingerprint density at radius 2 is 1.41 bits per heavy atom. The first-order chi connectivity index (χ1) is 16.7. The summed E-state index contributed by atoms with van der Waals surface area (Å²) >= 11 is 0. The lowest BCUT2D eigenvalue weighted by Crippen LogP contribution is -2.29. The van der Waals surface area contributed by atoms with Crippen molar-refractivity contribution in [3.05, 3.63) is 126 Å². The molecular weight excluding hydrogens is 414 g/mol. The minimum absolute atomic E-state index is 0.282. The van der Waals surface area contributed by atoms with E-state index in [1.54, 1.807) is 4.90 Å². The lowest BCUT2D eigenvalue weighted by Gasteiger charge is -2.21. The van der Waals surface area contributed by atoms with Crippen molar-refractivity contribution in [3.63, 3.8) is 0 Å². The number of hydrogen-bond donors (Lipinski definition) is 0. The van der Waals surface area contributed by atoms with Crippen LogP contribution < -0.4 is 4.90 Å². The van der Waals surface area contributed by atoms with Gasteiger partial charge >= 0.3 is 5.91 Å². The molecule has 0 atom stereocenters. The van der Waals surface area contributed by atoms with Crippen LogP contribution in [0.3, 0.4) is 0 Å². The fourth-order valence-electron chi connectivity index (χ4n) is 4.10. The molecule has 0 aromatic heterocycles. The Labute approximate surface area is 199 Å². The highest BCUT2D eigenvalue weighted by molar-refractivity contribution is 6.07. The van der Waals surface area contributed by atoms with E-state index in [1.807, 2.05) is 103 Å². The van der Waals surface area contributed by atoms with E-state index in [9.17, 15) is 4.79 Å². The molecule has 5 rings (SSSR count). The highest BCUT2D eigenvalue weighted by Crippen LogP contribution is 2.25. The minimum atomic E-state index is -0.282. The van der Waals surface area contributed by atoms with Crippen molar-refractivity contribution < 1.29 is 4.79 Å². The molecular formula is C32H21NO. The summed E-state index contributed by atoms with van der Waals surface area (Å²) in [4.78, 5) is 15.2. The molecule has 0 aliphatic heterocycles. The molecule has 0 aliphatic rings. The van der Waals surface area contributed by atoms with Crippen LogP contribution >= 0.6 is 0 Å². The smallest absolute Gasteiger partial charge is 0.297 e. The monoisotopic (exact) mass is 435 g/mol. The molecule has 0 saturated heterocycles. The molecule has 5 aromatic rings. The van der Waals surface area contributed by atoms with Gasteiger partial charge in [0.05, 0.1) is 6.54 Å². The Bertz CT molecular complexity index is 1610. The topological polar surface area (TPSA) is 20.3 Å². The van der Waals surface area contributed by atoms with Crippen molar-refractivity contribution in [3.8, 4) is 24.2 Å². The molecule has 0 saturated carbocycles. The normalized spacial score (nSPS) is 10.3. The number of fused-ring (bicyclic) bond motifs is 2. The third-order valence-electron chi connectivity index (χ3n) is 5.85. The van der Waals surface area contributed by atoms with Crippen LogP contribution in [0.2, 0.25) is 0 Å². The first-order valence-electron chi connectivity index (χ1n) is 11.1. The number of anilines is 1. The zero-order chi connectivity index (χ0) is 23.3. The first kappa shape index (κ1) is 21.1. The molecule has 2 heteroatoms. The van der Waals surface area contributed by atoms with Crippen LogP contribution in [0.5, 0.6) is 0 Å². The van der Waals surface area contributed by atoms with Crippen LogP contribution in [0.25, 0.3) is 21.5 Å². The maximum absolute atomic E-state index is 13.5. The molecule has 0 radical (unpaired) electrons. The van der Waals surface area contributed by atoms with Crippen LogP contribution in [-0.2, 0) is 11.3 Å². The Balaban J connectivity index is 1.58. The van der Waals surface area contributed by atoms with Crippen LogP contribution in [0, 0.1) is 24.2 Å². The van der Waals surface area contributed by atoms with Gasteiger partial charge in [-0.3, -0.25) is 9.69 Å².